The highest BCUT2D eigenvalue weighted by molar-refractivity contribution is 5.91. The van der Waals surface area contributed by atoms with Crippen LogP contribution >= 0.6 is 0 Å². The molecule has 20 heavy (non-hydrogen) atoms. The molecule has 0 aromatic heterocycles. The highest BCUT2D eigenvalue weighted by Crippen LogP contribution is 2.55. The Labute approximate surface area is 115 Å². The van der Waals surface area contributed by atoms with E-state index >= 15 is 0 Å². The molecule has 102 valence electrons. The van der Waals surface area contributed by atoms with E-state index in [1.165, 1.54) is 7.11 Å². The quantitative estimate of drug-likeness (QED) is 0.488. The summed E-state index contributed by atoms with van der Waals surface area (Å²) in [5.74, 6) is -1.18. The minimum atomic E-state index is -1.61. The molecule has 0 saturated heterocycles. The summed E-state index contributed by atoms with van der Waals surface area (Å²) in [6.07, 6.45) is 0.195. The van der Waals surface area contributed by atoms with Crippen LogP contribution in [0.2, 0.25) is 0 Å². The minimum Gasteiger partial charge on any atom is -0.464 e. The zero-order valence-electron chi connectivity index (χ0n) is 10.9. The van der Waals surface area contributed by atoms with E-state index in [9.17, 15) is 14.9 Å². The van der Waals surface area contributed by atoms with Crippen molar-refractivity contribution in [3.05, 3.63) is 58.1 Å². The normalized spacial score (nSPS) is 24.4. The number of nitro groups is 1. The van der Waals surface area contributed by atoms with Crippen LogP contribution in [0.15, 0.2) is 42.5 Å². The molecule has 0 heterocycles. The number of carbonyl (C=O) groups excluding carboxylic acids is 1. The minimum absolute atomic E-state index is 0.195. The summed E-state index contributed by atoms with van der Waals surface area (Å²) in [6.45, 7) is 0. The van der Waals surface area contributed by atoms with Crippen LogP contribution in [-0.2, 0) is 9.53 Å². The molecule has 0 unspecified atom stereocenters. The van der Waals surface area contributed by atoms with Crippen LogP contribution in [0, 0.1) is 10.1 Å². The van der Waals surface area contributed by atoms with Gasteiger partial charge in [0.2, 0.25) is 0 Å². The van der Waals surface area contributed by atoms with Crippen molar-refractivity contribution in [2.24, 2.45) is 0 Å². The monoisotopic (exact) mass is 271 g/mol. The second-order valence-corrected chi connectivity index (χ2v) is 5.00. The molecule has 1 aliphatic carbocycles. The second-order valence-electron chi connectivity index (χ2n) is 5.00. The van der Waals surface area contributed by atoms with Crippen LogP contribution in [0.3, 0.4) is 0 Å². The van der Waals surface area contributed by atoms with E-state index in [2.05, 4.69) is 4.74 Å². The summed E-state index contributed by atoms with van der Waals surface area (Å²) in [5.41, 5.74) is -0.774. The van der Waals surface area contributed by atoms with E-state index < -0.39 is 22.3 Å². The zero-order chi connectivity index (χ0) is 14.3. The van der Waals surface area contributed by atoms with Crippen LogP contribution in [0.4, 0.5) is 0 Å². The highest BCUT2D eigenvalue weighted by atomic mass is 16.6. The number of hydrogen-bond acceptors (Lipinski definition) is 4. The van der Waals surface area contributed by atoms with Crippen molar-refractivity contribution < 1.29 is 14.5 Å². The molecule has 1 fully saturated rings. The lowest BCUT2D eigenvalue weighted by Gasteiger charge is -2.09. The van der Waals surface area contributed by atoms with Gasteiger partial charge in [-0.1, -0.05) is 42.5 Å². The number of fused-ring (bicyclic) bond motifs is 1. The predicted octanol–water partition coefficient (Wildman–Crippen LogP) is 2.52. The van der Waals surface area contributed by atoms with Crippen molar-refractivity contribution in [3.63, 3.8) is 0 Å². The second kappa shape index (κ2) is 4.30. The van der Waals surface area contributed by atoms with Gasteiger partial charge in [-0.2, -0.15) is 0 Å². The van der Waals surface area contributed by atoms with E-state index in [1.54, 1.807) is 0 Å². The number of carbonyl (C=O) groups is 1. The van der Waals surface area contributed by atoms with Gasteiger partial charge in [-0.05, 0) is 16.3 Å². The molecule has 1 aliphatic rings. The van der Waals surface area contributed by atoms with E-state index in [0.29, 0.717) is 0 Å². The van der Waals surface area contributed by atoms with E-state index in [0.717, 1.165) is 16.3 Å². The maximum atomic E-state index is 11.8. The van der Waals surface area contributed by atoms with Gasteiger partial charge in [0, 0.05) is 11.3 Å². The average molecular weight is 271 g/mol. The van der Waals surface area contributed by atoms with E-state index in [-0.39, 0.29) is 6.42 Å². The Bertz CT molecular complexity index is 707. The fraction of sp³-hybridized carbons (Fsp3) is 0.267. The van der Waals surface area contributed by atoms with Crippen LogP contribution in [0.1, 0.15) is 17.9 Å². The highest BCUT2D eigenvalue weighted by Gasteiger charge is 2.74. The molecule has 0 N–H and O–H groups in total. The Morgan fingerprint density at radius 3 is 2.70 bits per heavy atom. The van der Waals surface area contributed by atoms with E-state index in [1.807, 2.05) is 42.5 Å². The first-order valence-electron chi connectivity index (χ1n) is 6.32. The summed E-state index contributed by atoms with van der Waals surface area (Å²) in [4.78, 5) is 22.6. The van der Waals surface area contributed by atoms with Crippen LogP contribution < -0.4 is 0 Å². The fourth-order valence-electron chi connectivity index (χ4n) is 2.85. The van der Waals surface area contributed by atoms with Gasteiger partial charge in [-0.15, -0.1) is 0 Å². The average Bonchev–Trinajstić information content (AvgIpc) is 3.22. The molecule has 2 aromatic carbocycles. The first-order chi connectivity index (χ1) is 9.61. The molecular weight excluding hydrogens is 258 g/mol. The van der Waals surface area contributed by atoms with Crippen molar-refractivity contribution >= 4 is 16.7 Å². The Balaban J connectivity index is 2.10. The number of benzene rings is 2. The lowest BCUT2D eigenvalue weighted by Crippen LogP contribution is -2.34. The summed E-state index contributed by atoms with van der Waals surface area (Å²) in [6, 6.07) is 13.3. The molecule has 1 saturated carbocycles. The smallest absolute Gasteiger partial charge is 0.385 e. The Hall–Kier alpha value is -2.43. The maximum absolute atomic E-state index is 11.8. The molecule has 2 atom stereocenters. The van der Waals surface area contributed by atoms with Crippen LogP contribution in [0.5, 0.6) is 0 Å². The van der Waals surface area contributed by atoms with E-state index in [4.69, 9.17) is 0 Å². The largest absolute Gasteiger partial charge is 0.464 e. The van der Waals surface area contributed by atoms with Crippen molar-refractivity contribution in [1.82, 2.24) is 0 Å². The van der Waals surface area contributed by atoms with Crippen molar-refractivity contribution in [1.29, 1.82) is 0 Å². The lowest BCUT2D eigenvalue weighted by atomic mass is 9.99. The third-order valence-corrected chi connectivity index (χ3v) is 4.00. The van der Waals surface area contributed by atoms with Gasteiger partial charge in [0.15, 0.2) is 0 Å². The number of ether oxygens (including phenoxy) is 1. The van der Waals surface area contributed by atoms with Gasteiger partial charge >= 0.3 is 11.5 Å². The van der Waals surface area contributed by atoms with Gasteiger partial charge in [0.05, 0.1) is 13.0 Å². The molecule has 0 spiro atoms. The zero-order valence-corrected chi connectivity index (χ0v) is 10.9. The summed E-state index contributed by atoms with van der Waals surface area (Å²) >= 11 is 0. The number of hydrogen-bond donors (Lipinski definition) is 0. The molecule has 0 radical (unpaired) electrons. The standard InChI is InChI=1S/C15H13NO4/c1-20-14(17)15(16(18)19)9-13(15)12-8-4-6-10-5-2-3-7-11(10)12/h2-8,13H,9H2,1H3/t13-,15+/m1/s1. The topological polar surface area (TPSA) is 69.4 Å². The molecule has 0 aliphatic heterocycles. The maximum Gasteiger partial charge on any atom is 0.385 e. The molecule has 5 heteroatoms. The van der Waals surface area contributed by atoms with Gasteiger partial charge in [0.25, 0.3) is 0 Å². The third-order valence-electron chi connectivity index (χ3n) is 4.00. The van der Waals surface area contributed by atoms with Gasteiger partial charge in [-0.3, -0.25) is 10.1 Å². The molecule has 0 amide bonds. The fourth-order valence-corrected chi connectivity index (χ4v) is 2.85. The van der Waals surface area contributed by atoms with Gasteiger partial charge in [0.1, 0.15) is 0 Å². The number of methoxy groups -OCH3 is 1. The molecule has 0 bridgehead atoms. The number of nitrogens with zero attached hydrogens (tertiary/aromatic N) is 1. The lowest BCUT2D eigenvalue weighted by molar-refractivity contribution is -0.526. The van der Waals surface area contributed by atoms with Gasteiger partial charge < -0.3 is 4.74 Å². The SMILES string of the molecule is COC(=O)[C@]1([N+](=O)[O-])C[C@@H]1c1cccc2ccccc12. The predicted molar refractivity (Wildman–Crippen MR) is 73.0 cm³/mol. The number of rotatable bonds is 3. The first kappa shape index (κ1) is 12.6. The molecule has 5 nitrogen and oxygen atoms in total. The van der Waals surface area contributed by atoms with Crippen molar-refractivity contribution in [2.75, 3.05) is 7.11 Å². The van der Waals surface area contributed by atoms with Crippen molar-refractivity contribution in [3.8, 4) is 0 Å². The summed E-state index contributed by atoms with van der Waals surface area (Å²) in [5, 5.41) is 13.3. The van der Waals surface area contributed by atoms with Crippen molar-refractivity contribution in [2.45, 2.75) is 17.9 Å². The summed E-state index contributed by atoms with van der Waals surface area (Å²) < 4.78 is 4.62. The third kappa shape index (κ3) is 1.59. The summed E-state index contributed by atoms with van der Waals surface area (Å²) in [7, 11) is 1.19. The molecular formula is C15H13NO4. The van der Waals surface area contributed by atoms with Gasteiger partial charge in [-0.25, -0.2) is 4.79 Å². The first-order valence-corrected chi connectivity index (χ1v) is 6.32. The Morgan fingerprint density at radius 1 is 1.30 bits per heavy atom. The Kier molecular flexibility index (Phi) is 2.71. The molecule has 2 aromatic rings. The van der Waals surface area contributed by atoms with Crippen LogP contribution in [-0.4, -0.2) is 23.5 Å². The Morgan fingerprint density at radius 2 is 2.00 bits per heavy atom. The molecule has 3 rings (SSSR count). The number of esters is 1. The van der Waals surface area contributed by atoms with Crippen LogP contribution in [0.25, 0.3) is 10.8 Å².